The number of alkyl halides is 2. The summed E-state index contributed by atoms with van der Waals surface area (Å²) in [4.78, 5) is 27.1. The Kier molecular flexibility index (Phi) is 8.03. The maximum Gasteiger partial charge on any atom is 0.410 e. The van der Waals surface area contributed by atoms with E-state index in [1.165, 1.54) is 5.57 Å². The normalized spacial score (nSPS) is 24.8. The average Bonchev–Trinajstić information content (AvgIpc) is 3.21. The summed E-state index contributed by atoms with van der Waals surface area (Å²) in [7, 11) is 0. The molecule has 2 atom stereocenters. The number of carbonyl (C=O) groups is 2. The van der Waals surface area contributed by atoms with Crippen molar-refractivity contribution in [1.82, 2.24) is 4.90 Å². The van der Waals surface area contributed by atoms with Gasteiger partial charge in [0.05, 0.1) is 25.5 Å². The molecule has 0 aromatic heterocycles. The first kappa shape index (κ1) is 26.6. The highest BCUT2D eigenvalue weighted by molar-refractivity contribution is 5.74. The number of ether oxygens (including phenoxy) is 2. The minimum absolute atomic E-state index is 0.0526. The van der Waals surface area contributed by atoms with Crippen LogP contribution < -0.4 is 9.64 Å². The van der Waals surface area contributed by atoms with E-state index in [1.54, 1.807) is 4.90 Å². The molecule has 3 aliphatic rings. The molecule has 0 saturated carbocycles. The van der Waals surface area contributed by atoms with Gasteiger partial charge in [-0.1, -0.05) is 18.2 Å². The summed E-state index contributed by atoms with van der Waals surface area (Å²) < 4.78 is 38.4. The summed E-state index contributed by atoms with van der Waals surface area (Å²) >= 11 is 0. The SMILES string of the molecule is CC(C)(C)OC(=O)N1CCC(COc2ccc(C3=CCC(C(=O)[NH+]4CCC(F)(F)C4)CC3)cc2)CC1. The molecule has 2 fully saturated rings. The van der Waals surface area contributed by atoms with Crippen LogP contribution in [0.1, 0.15) is 64.9 Å². The van der Waals surface area contributed by atoms with Gasteiger partial charge >= 0.3 is 17.9 Å². The molecule has 2 amide bonds. The number of quaternary nitrogens is 1. The molecule has 1 aliphatic carbocycles. The average molecular weight is 506 g/mol. The van der Waals surface area contributed by atoms with E-state index in [-0.39, 0.29) is 37.4 Å². The van der Waals surface area contributed by atoms with E-state index in [1.807, 2.05) is 45.0 Å². The Balaban J connectivity index is 1.21. The lowest BCUT2D eigenvalue weighted by molar-refractivity contribution is -0.812. The molecule has 0 spiro atoms. The number of hydrogen-bond acceptors (Lipinski definition) is 4. The molecule has 198 valence electrons. The van der Waals surface area contributed by atoms with Gasteiger partial charge in [-0.25, -0.2) is 18.4 Å². The van der Waals surface area contributed by atoms with Crippen LogP contribution in [0.3, 0.4) is 0 Å². The van der Waals surface area contributed by atoms with E-state index in [9.17, 15) is 18.4 Å². The molecule has 2 heterocycles. The van der Waals surface area contributed by atoms with Crippen molar-refractivity contribution in [3.8, 4) is 5.75 Å². The molecule has 2 saturated heterocycles. The van der Waals surface area contributed by atoms with E-state index < -0.39 is 11.5 Å². The minimum atomic E-state index is -2.71. The second-order valence-corrected chi connectivity index (χ2v) is 11.4. The number of halogens is 2. The van der Waals surface area contributed by atoms with Crippen LogP contribution in [0.4, 0.5) is 13.6 Å². The van der Waals surface area contributed by atoms with Gasteiger partial charge in [0, 0.05) is 13.1 Å². The van der Waals surface area contributed by atoms with Crippen LogP contribution in [-0.2, 0) is 9.53 Å². The third-order valence-corrected chi connectivity index (χ3v) is 7.37. The van der Waals surface area contributed by atoms with Crippen LogP contribution in [0.2, 0.25) is 0 Å². The first-order chi connectivity index (χ1) is 17.0. The lowest BCUT2D eigenvalue weighted by Gasteiger charge is -2.33. The van der Waals surface area contributed by atoms with Crippen molar-refractivity contribution >= 4 is 17.6 Å². The standard InChI is InChI=1S/C28H38F2N2O4/c1-27(2,3)36-26(34)31-15-12-20(13-16-31)18-35-24-10-8-22(9-11-24)21-4-6-23(7-5-21)25(33)32-17-14-28(29,30)19-32/h4,8-11,20,23H,5-7,12-19H2,1-3H3/p+1. The van der Waals surface area contributed by atoms with E-state index in [0.717, 1.165) is 30.6 Å². The van der Waals surface area contributed by atoms with Gasteiger partial charge in [0.1, 0.15) is 17.9 Å². The third kappa shape index (κ3) is 7.05. The van der Waals surface area contributed by atoms with Gasteiger partial charge < -0.3 is 14.4 Å². The van der Waals surface area contributed by atoms with Gasteiger partial charge in [0.15, 0.2) is 0 Å². The molecule has 1 aromatic rings. The first-order valence-electron chi connectivity index (χ1n) is 13.2. The summed E-state index contributed by atoms with van der Waals surface area (Å²) in [6.07, 6.45) is 5.53. The number of benzene rings is 1. The molecule has 4 rings (SSSR count). The maximum absolute atomic E-state index is 13.5. The molecule has 2 unspecified atom stereocenters. The molecule has 6 nitrogen and oxygen atoms in total. The monoisotopic (exact) mass is 505 g/mol. The molecule has 0 bridgehead atoms. The number of nitrogens with zero attached hydrogens (tertiary/aromatic N) is 1. The Bertz CT molecular complexity index is 963. The number of likely N-dealkylation sites (tertiary alicyclic amines) is 2. The fourth-order valence-corrected chi connectivity index (χ4v) is 5.24. The summed E-state index contributed by atoms with van der Waals surface area (Å²) in [5, 5.41) is 0. The van der Waals surface area contributed by atoms with E-state index >= 15 is 0 Å². The summed E-state index contributed by atoms with van der Waals surface area (Å²) in [6, 6.07) is 8.03. The fraction of sp³-hybridized carbons (Fsp3) is 0.643. The fourth-order valence-electron chi connectivity index (χ4n) is 5.24. The quantitative estimate of drug-likeness (QED) is 0.647. The number of hydrogen-bond donors (Lipinski definition) is 1. The van der Waals surface area contributed by atoms with Crippen molar-refractivity contribution in [3.05, 3.63) is 35.9 Å². The zero-order chi connectivity index (χ0) is 25.9. The Morgan fingerprint density at radius 3 is 2.36 bits per heavy atom. The number of piperidine rings is 1. The van der Waals surface area contributed by atoms with Gasteiger partial charge in [-0.05, 0) is 82.1 Å². The molecule has 1 aromatic carbocycles. The molecule has 0 radical (unpaired) electrons. The Morgan fingerprint density at radius 1 is 1.11 bits per heavy atom. The van der Waals surface area contributed by atoms with Crippen LogP contribution in [0, 0.1) is 11.8 Å². The highest BCUT2D eigenvalue weighted by Gasteiger charge is 2.46. The van der Waals surface area contributed by atoms with Crippen molar-refractivity contribution < 1.29 is 32.7 Å². The van der Waals surface area contributed by atoms with E-state index in [0.29, 0.717) is 43.4 Å². The molecule has 1 N–H and O–H groups in total. The summed E-state index contributed by atoms with van der Waals surface area (Å²) in [5.41, 5.74) is 1.83. The van der Waals surface area contributed by atoms with Crippen LogP contribution >= 0.6 is 0 Å². The number of nitrogens with one attached hydrogen (secondary N) is 1. The van der Waals surface area contributed by atoms with Crippen molar-refractivity contribution in [2.45, 2.75) is 70.8 Å². The number of allylic oxidation sites excluding steroid dienone is 2. The second kappa shape index (κ2) is 10.9. The van der Waals surface area contributed by atoms with Gasteiger partial charge in [-0.3, -0.25) is 4.90 Å². The molecule has 2 aliphatic heterocycles. The van der Waals surface area contributed by atoms with Crippen molar-refractivity contribution in [2.75, 3.05) is 32.8 Å². The third-order valence-electron chi connectivity index (χ3n) is 7.37. The predicted octanol–water partition coefficient (Wildman–Crippen LogP) is 4.35. The molecular formula is C28H39F2N2O4+. The second-order valence-electron chi connectivity index (χ2n) is 11.4. The Morgan fingerprint density at radius 2 is 1.81 bits per heavy atom. The summed E-state index contributed by atoms with van der Waals surface area (Å²) in [6.45, 7) is 7.49. The maximum atomic E-state index is 13.5. The van der Waals surface area contributed by atoms with Gasteiger partial charge in [0.2, 0.25) is 0 Å². The lowest BCUT2D eigenvalue weighted by Crippen LogP contribution is -3.14. The van der Waals surface area contributed by atoms with Crippen LogP contribution in [0.5, 0.6) is 5.75 Å². The van der Waals surface area contributed by atoms with Crippen molar-refractivity contribution in [1.29, 1.82) is 0 Å². The van der Waals surface area contributed by atoms with E-state index in [4.69, 9.17) is 9.47 Å². The highest BCUT2D eigenvalue weighted by Crippen LogP contribution is 2.31. The first-order valence-corrected chi connectivity index (χ1v) is 13.2. The number of carbonyl (C=O) groups excluding carboxylic acids is 2. The predicted molar refractivity (Wildman–Crippen MR) is 133 cm³/mol. The van der Waals surface area contributed by atoms with E-state index in [2.05, 4.69) is 6.08 Å². The molecule has 36 heavy (non-hydrogen) atoms. The van der Waals surface area contributed by atoms with Crippen LogP contribution in [0.15, 0.2) is 30.3 Å². The zero-order valence-electron chi connectivity index (χ0n) is 21.7. The van der Waals surface area contributed by atoms with Crippen LogP contribution in [0.25, 0.3) is 5.57 Å². The molecule has 8 heteroatoms. The Labute approximate surface area is 212 Å². The van der Waals surface area contributed by atoms with Gasteiger partial charge in [-0.2, -0.15) is 0 Å². The van der Waals surface area contributed by atoms with Crippen LogP contribution in [-0.4, -0.2) is 61.2 Å². The van der Waals surface area contributed by atoms with Gasteiger partial charge in [0.25, 0.3) is 0 Å². The highest BCUT2D eigenvalue weighted by atomic mass is 19.3. The largest absolute Gasteiger partial charge is 0.493 e. The number of rotatable bonds is 5. The molecular weight excluding hydrogens is 466 g/mol. The Hall–Kier alpha value is -2.48. The summed E-state index contributed by atoms with van der Waals surface area (Å²) in [5.74, 6) is -1.71. The zero-order valence-corrected chi connectivity index (χ0v) is 21.7. The van der Waals surface area contributed by atoms with Crippen molar-refractivity contribution in [2.24, 2.45) is 11.8 Å². The smallest absolute Gasteiger partial charge is 0.410 e. The minimum Gasteiger partial charge on any atom is -0.493 e. The van der Waals surface area contributed by atoms with Crippen molar-refractivity contribution in [3.63, 3.8) is 0 Å². The van der Waals surface area contributed by atoms with Gasteiger partial charge in [-0.15, -0.1) is 0 Å². The number of amides is 2. The topological polar surface area (TPSA) is 60.3 Å². The lowest BCUT2D eigenvalue weighted by atomic mass is 9.86.